The van der Waals surface area contributed by atoms with Crippen LogP contribution in [0, 0.1) is 0 Å². The van der Waals surface area contributed by atoms with Crippen molar-refractivity contribution < 1.29 is 0 Å². The van der Waals surface area contributed by atoms with Crippen molar-refractivity contribution in [1.29, 1.82) is 0 Å². The predicted octanol–water partition coefficient (Wildman–Crippen LogP) is 0.119. The zero-order chi connectivity index (χ0) is 8.84. The first kappa shape index (κ1) is 7.26. The lowest BCUT2D eigenvalue weighted by Crippen LogP contribution is -2.36. The van der Waals surface area contributed by atoms with Gasteiger partial charge in [0.05, 0.1) is 17.6 Å². The summed E-state index contributed by atoms with van der Waals surface area (Å²) in [6.07, 6.45) is 4.66. The number of aromatic amines is 1. The Hall–Kier alpha value is -1.16. The van der Waals surface area contributed by atoms with Gasteiger partial charge < -0.3 is 10.3 Å². The molecule has 2 bridgehead atoms. The van der Waals surface area contributed by atoms with Crippen molar-refractivity contribution in [2.24, 2.45) is 0 Å². The van der Waals surface area contributed by atoms with E-state index in [2.05, 4.69) is 15.3 Å². The third kappa shape index (κ3) is 0.951. The van der Waals surface area contributed by atoms with E-state index in [-0.39, 0.29) is 11.6 Å². The van der Waals surface area contributed by atoms with Gasteiger partial charge in [-0.1, -0.05) is 0 Å². The predicted molar refractivity (Wildman–Crippen MR) is 47.5 cm³/mol. The van der Waals surface area contributed by atoms with Crippen LogP contribution < -0.4 is 10.9 Å². The SMILES string of the molecule is O=c1[nH]cnc2c1C1CCC(C2)N1. The topological polar surface area (TPSA) is 57.8 Å². The summed E-state index contributed by atoms with van der Waals surface area (Å²) in [5.74, 6) is 0. The molecular weight excluding hydrogens is 166 g/mol. The van der Waals surface area contributed by atoms with Gasteiger partial charge >= 0.3 is 0 Å². The molecule has 3 rings (SSSR count). The largest absolute Gasteiger partial charge is 0.313 e. The van der Waals surface area contributed by atoms with E-state index >= 15 is 0 Å². The minimum absolute atomic E-state index is 0.0304. The van der Waals surface area contributed by atoms with E-state index in [1.54, 1.807) is 0 Å². The van der Waals surface area contributed by atoms with Crippen LogP contribution in [0.2, 0.25) is 0 Å². The molecule has 0 amide bonds. The van der Waals surface area contributed by atoms with Crippen molar-refractivity contribution in [1.82, 2.24) is 15.3 Å². The first-order valence-electron chi connectivity index (χ1n) is 4.67. The Morgan fingerprint density at radius 3 is 3.31 bits per heavy atom. The maximum absolute atomic E-state index is 11.5. The number of nitrogens with zero attached hydrogens (tertiary/aromatic N) is 1. The lowest BCUT2D eigenvalue weighted by Gasteiger charge is -2.21. The molecule has 1 saturated heterocycles. The average Bonchev–Trinajstić information content (AvgIpc) is 2.48. The highest BCUT2D eigenvalue weighted by molar-refractivity contribution is 5.27. The Morgan fingerprint density at radius 2 is 2.38 bits per heavy atom. The summed E-state index contributed by atoms with van der Waals surface area (Å²) in [5, 5.41) is 3.43. The fourth-order valence-corrected chi connectivity index (χ4v) is 2.41. The van der Waals surface area contributed by atoms with Gasteiger partial charge in [0, 0.05) is 18.5 Å². The molecule has 0 aliphatic carbocycles. The lowest BCUT2D eigenvalue weighted by atomic mass is 10.0. The summed E-state index contributed by atoms with van der Waals surface area (Å²) < 4.78 is 0. The van der Waals surface area contributed by atoms with Gasteiger partial charge in [0.1, 0.15) is 0 Å². The molecule has 3 heterocycles. The van der Waals surface area contributed by atoms with Crippen LogP contribution in [0.3, 0.4) is 0 Å². The smallest absolute Gasteiger partial charge is 0.255 e. The second kappa shape index (κ2) is 2.42. The molecule has 1 aromatic rings. The van der Waals surface area contributed by atoms with E-state index in [0.29, 0.717) is 6.04 Å². The minimum Gasteiger partial charge on any atom is -0.313 e. The standard InChI is InChI=1S/C9H11N3O/c13-9-8-6-2-1-5(12-6)3-7(8)10-4-11-9/h4-6,12H,1-3H2,(H,10,11,13). The number of aromatic nitrogens is 2. The highest BCUT2D eigenvalue weighted by atomic mass is 16.1. The Kier molecular flexibility index (Phi) is 1.35. The van der Waals surface area contributed by atoms with Crippen molar-refractivity contribution >= 4 is 0 Å². The molecule has 2 N–H and O–H groups in total. The molecule has 0 aromatic carbocycles. The van der Waals surface area contributed by atoms with Crippen LogP contribution in [-0.2, 0) is 6.42 Å². The van der Waals surface area contributed by atoms with Crippen molar-refractivity contribution in [2.45, 2.75) is 31.3 Å². The molecule has 2 aliphatic rings. The van der Waals surface area contributed by atoms with Gasteiger partial charge in [0.2, 0.25) is 0 Å². The van der Waals surface area contributed by atoms with E-state index in [4.69, 9.17) is 0 Å². The molecule has 13 heavy (non-hydrogen) atoms. The van der Waals surface area contributed by atoms with Crippen molar-refractivity contribution in [3.63, 3.8) is 0 Å². The fourth-order valence-electron chi connectivity index (χ4n) is 2.41. The highest BCUT2D eigenvalue weighted by Crippen LogP contribution is 2.32. The van der Waals surface area contributed by atoms with Gasteiger partial charge in [-0.25, -0.2) is 4.98 Å². The fraction of sp³-hybridized carbons (Fsp3) is 0.556. The zero-order valence-electron chi connectivity index (χ0n) is 7.21. The van der Waals surface area contributed by atoms with Gasteiger partial charge in [-0.2, -0.15) is 0 Å². The summed E-state index contributed by atoms with van der Waals surface area (Å²) in [5.41, 5.74) is 1.90. The second-order valence-electron chi connectivity index (χ2n) is 3.79. The van der Waals surface area contributed by atoms with Crippen LogP contribution in [0.5, 0.6) is 0 Å². The van der Waals surface area contributed by atoms with Gasteiger partial charge in [-0.05, 0) is 12.8 Å². The number of fused-ring (bicyclic) bond motifs is 4. The first-order valence-corrected chi connectivity index (χ1v) is 4.67. The molecule has 0 saturated carbocycles. The molecule has 68 valence electrons. The number of H-pyrrole nitrogens is 1. The van der Waals surface area contributed by atoms with Crippen molar-refractivity contribution in [2.75, 3.05) is 0 Å². The molecule has 2 unspecified atom stereocenters. The number of hydrogen-bond donors (Lipinski definition) is 2. The van der Waals surface area contributed by atoms with E-state index in [0.717, 1.165) is 24.1 Å². The molecule has 4 heteroatoms. The Balaban J connectivity index is 2.23. The number of nitrogens with one attached hydrogen (secondary N) is 2. The molecule has 2 aliphatic heterocycles. The summed E-state index contributed by atoms with van der Waals surface area (Å²) in [4.78, 5) is 18.4. The highest BCUT2D eigenvalue weighted by Gasteiger charge is 2.34. The maximum atomic E-state index is 11.5. The third-order valence-corrected chi connectivity index (χ3v) is 3.00. The molecule has 0 spiro atoms. The van der Waals surface area contributed by atoms with Gasteiger partial charge in [0.15, 0.2) is 0 Å². The van der Waals surface area contributed by atoms with Crippen LogP contribution in [-0.4, -0.2) is 16.0 Å². The molecule has 2 atom stereocenters. The average molecular weight is 177 g/mol. The van der Waals surface area contributed by atoms with Crippen LogP contribution in [0.1, 0.15) is 30.1 Å². The van der Waals surface area contributed by atoms with Gasteiger partial charge in [-0.3, -0.25) is 4.79 Å². The third-order valence-electron chi connectivity index (χ3n) is 3.00. The van der Waals surface area contributed by atoms with E-state index in [1.165, 1.54) is 12.7 Å². The Labute approximate surface area is 75.4 Å². The normalized spacial score (nSPS) is 30.2. The molecule has 1 aromatic heterocycles. The van der Waals surface area contributed by atoms with Crippen LogP contribution in [0.15, 0.2) is 11.1 Å². The van der Waals surface area contributed by atoms with E-state index in [9.17, 15) is 4.79 Å². The second-order valence-corrected chi connectivity index (χ2v) is 3.79. The first-order chi connectivity index (χ1) is 6.34. The maximum Gasteiger partial charge on any atom is 0.255 e. The summed E-state index contributed by atoms with van der Waals surface area (Å²) in [6.45, 7) is 0. The zero-order valence-corrected chi connectivity index (χ0v) is 7.21. The monoisotopic (exact) mass is 177 g/mol. The Bertz CT molecular complexity index is 398. The number of hydrogen-bond acceptors (Lipinski definition) is 3. The van der Waals surface area contributed by atoms with Gasteiger partial charge in [0.25, 0.3) is 5.56 Å². The quantitative estimate of drug-likeness (QED) is 0.591. The van der Waals surface area contributed by atoms with Crippen LogP contribution in [0.4, 0.5) is 0 Å². The van der Waals surface area contributed by atoms with Crippen molar-refractivity contribution in [3.8, 4) is 0 Å². The Morgan fingerprint density at radius 1 is 1.46 bits per heavy atom. The molecular formula is C9H11N3O. The summed E-state index contributed by atoms with van der Waals surface area (Å²) in [6, 6.07) is 0.804. The van der Waals surface area contributed by atoms with Crippen LogP contribution >= 0.6 is 0 Å². The molecule has 1 fully saturated rings. The summed E-state index contributed by atoms with van der Waals surface area (Å²) >= 11 is 0. The van der Waals surface area contributed by atoms with E-state index in [1.807, 2.05) is 0 Å². The lowest BCUT2D eigenvalue weighted by molar-refractivity contribution is 0.500. The molecule has 0 radical (unpaired) electrons. The van der Waals surface area contributed by atoms with Crippen LogP contribution in [0.25, 0.3) is 0 Å². The van der Waals surface area contributed by atoms with Crippen molar-refractivity contribution in [3.05, 3.63) is 27.9 Å². The van der Waals surface area contributed by atoms with E-state index < -0.39 is 0 Å². The summed E-state index contributed by atoms with van der Waals surface area (Å²) in [7, 11) is 0. The number of rotatable bonds is 0. The minimum atomic E-state index is 0.0304. The molecule has 4 nitrogen and oxygen atoms in total. The van der Waals surface area contributed by atoms with Gasteiger partial charge in [-0.15, -0.1) is 0 Å².